The Kier molecular flexibility index (Phi) is 5.81. The van der Waals surface area contributed by atoms with E-state index >= 15 is 0 Å². The Morgan fingerprint density at radius 1 is 1.40 bits per heavy atom. The first-order chi connectivity index (χ1) is 12.1. The predicted octanol–water partition coefficient (Wildman–Crippen LogP) is 2.32. The molecule has 2 heterocycles. The number of piperidine rings is 1. The Bertz CT molecular complexity index is 690. The zero-order chi connectivity index (χ0) is 17.6. The Hall–Kier alpha value is -2.21. The van der Waals surface area contributed by atoms with Gasteiger partial charge in [0, 0.05) is 25.7 Å². The summed E-state index contributed by atoms with van der Waals surface area (Å²) in [6, 6.07) is 6.50. The van der Waals surface area contributed by atoms with Gasteiger partial charge in [0.25, 0.3) is 0 Å². The highest BCUT2D eigenvalue weighted by atomic mass is 19.1. The van der Waals surface area contributed by atoms with Crippen molar-refractivity contribution in [2.24, 2.45) is 5.92 Å². The quantitative estimate of drug-likeness (QED) is 0.844. The van der Waals surface area contributed by atoms with Gasteiger partial charge in [0.15, 0.2) is 0 Å². The fourth-order valence-corrected chi connectivity index (χ4v) is 3.43. The molecule has 3 rings (SSSR count). The minimum absolute atomic E-state index is 0.0665. The second kappa shape index (κ2) is 8.25. The van der Waals surface area contributed by atoms with E-state index in [1.165, 1.54) is 12.1 Å². The van der Waals surface area contributed by atoms with Crippen LogP contribution in [0.4, 0.5) is 4.39 Å². The van der Waals surface area contributed by atoms with Gasteiger partial charge in [-0.15, -0.1) is 0 Å². The van der Waals surface area contributed by atoms with Gasteiger partial charge in [-0.2, -0.15) is 5.10 Å². The summed E-state index contributed by atoms with van der Waals surface area (Å²) >= 11 is 0. The highest BCUT2D eigenvalue weighted by Gasteiger charge is 2.29. The number of carbonyl (C=O) groups excluding carboxylic acids is 1. The lowest BCUT2D eigenvalue weighted by Gasteiger charge is -2.36. The van der Waals surface area contributed by atoms with Crippen LogP contribution < -0.4 is 0 Å². The molecule has 0 saturated carbocycles. The topological polar surface area (TPSA) is 69.2 Å². The number of aliphatic hydroxyl groups excluding tert-OH is 1. The van der Waals surface area contributed by atoms with Crippen molar-refractivity contribution in [2.75, 3.05) is 13.1 Å². The van der Waals surface area contributed by atoms with Crippen LogP contribution in [0.15, 0.2) is 36.7 Å². The van der Waals surface area contributed by atoms with Gasteiger partial charge >= 0.3 is 0 Å². The first-order valence-corrected chi connectivity index (χ1v) is 8.80. The molecule has 0 radical (unpaired) electrons. The van der Waals surface area contributed by atoms with Gasteiger partial charge in [-0.3, -0.25) is 9.89 Å². The van der Waals surface area contributed by atoms with Crippen LogP contribution in [-0.2, 0) is 17.6 Å². The molecule has 1 saturated heterocycles. The maximum Gasteiger partial charge on any atom is 0.222 e. The SMILES string of the molecule is O=C(CCCc1cn[nH]c1)N1CC[C@H](Cc2cccc(F)c2)[C@H](O)C1. The third-order valence-corrected chi connectivity index (χ3v) is 4.87. The number of hydrogen-bond donors (Lipinski definition) is 2. The third-order valence-electron chi connectivity index (χ3n) is 4.87. The van der Waals surface area contributed by atoms with Crippen molar-refractivity contribution in [1.29, 1.82) is 0 Å². The molecule has 5 nitrogen and oxygen atoms in total. The molecule has 1 aliphatic rings. The monoisotopic (exact) mass is 345 g/mol. The van der Waals surface area contributed by atoms with Crippen LogP contribution in [-0.4, -0.2) is 45.3 Å². The van der Waals surface area contributed by atoms with Crippen LogP contribution >= 0.6 is 0 Å². The van der Waals surface area contributed by atoms with E-state index < -0.39 is 6.10 Å². The standard InChI is InChI=1S/C19H24FN3O2/c20-17-5-1-3-14(10-17)9-16-7-8-23(13-18(16)24)19(25)6-2-4-15-11-21-22-12-15/h1,3,5,10-12,16,18,24H,2,4,6-9,13H2,(H,21,22)/t16-,18-/m1/s1. The number of nitrogens with zero attached hydrogens (tertiary/aromatic N) is 2. The van der Waals surface area contributed by atoms with Crippen molar-refractivity contribution in [3.63, 3.8) is 0 Å². The fraction of sp³-hybridized carbons (Fsp3) is 0.474. The van der Waals surface area contributed by atoms with Crippen molar-refractivity contribution >= 4 is 5.91 Å². The summed E-state index contributed by atoms with van der Waals surface area (Å²) in [4.78, 5) is 14.1. The minimum atomic E-state index is -0.560. The summed E-state index contributed by atoms with van der Waals surface area (Å²) in [5.74, 6) is -0.0965. The molecule has 1 aliphatic heterocycles. The molecular formula is C19H24FN3O2. The second-order valence-corrected chi connectivity index (χ2v) is 6.75. The van der Waals surface area contributed by atoms with Crippen molar-refractivity contribution in [3.05, 3.63) is 53.6 Å². The Morgan fingerprint density at radius 3 is 3.00 bits per heavy atom. The van der Waals surface area contributed by atoms with Gasteiger partial charge in [-0.05, 0) is 54.9 Å². The number of carbonyl (C=O) groups is 1. The number of halogens is 1. The Morgan fingerprint density at radius 2 is 2.28 bits per heavy atom. The molecule has 0 spiro atoms. The van der Waals surface area contributed by atoms with E-state index in [2.05, 4.69) is 10.2 Å². The summed E-state index contributed by atoms with van der Waals surface area (Å²) in [6.45, 7) is 1.02. The molecule has 2 N–H and O–H groups in total. The van der Waals surface area contributed by atoms with Crippen molar-refractivity contribution in [1.82, 2.24) is 15.1 Å². The molecule has 0 unspecified atom stereocenters. The van der Waals surface area contributed by atoms with Crippen molar-refractivity contribution in [2.45, 2.75) is 38.2 Å². The van der Waals surface area contributed by atoms with E-state index in [1.54, 1.807) is 17.2 Å². The molecule has 25 heavy (non-hydrogen) atoms. The van der Waals surface area contributed by atoms with Gasteiger partial charge < -0.3 is 10.0 Å². The van der Waals surface area contributed by atoms with Crippen LogP contribution in [0.25, 0.3) is 0 Å². The summed E-state index contributed by atoms with van der Waals surface area (Å²) in [5, 5.41) is 17.0. The van der Waals surface area contributed by atoms with Crippen molar-refractivity contribution < 1.29 is 14.3 Å². The smallest absolute Gasteiger partial charge is 0.222 e. The average Bonchev–Trinajstić information content (AvgIpc) is 3.10. The molecule has 0 aliphatic carbocycles. The molecule has 0 bridgehead atoms. The summed E-state index contributed by atoms with van der Waals surface area (Å²) in [7, 11) is 0. The number of β-amino-alcohol motifs (C(OH)–C–C–N with tert-alkyl or cyclic N) is 1. The number of rotatable bonds is 6. The largest absolute Gasteiger partial charge is 0.391 e. The van der Waals surface area contributed by atoms with Crippen LogP contribution in [0.1, 0.15) is 30.4 Å². The van der Waals surface area contributed by atoms with Crippen LogP contribution in [0.5, 0.6) is 0 Å². The number of amides is 1. The fourth-order valence-electron chi connectivity index (χ4n) is 3.43. The molecule has 2 aromatic rings. The number of likely N-dealkylation sites (tertiary alicyclic amines) is 1. The number of nitrogens with one attached hydrogen (secondary N) is 1. The maximum absolute atomic E-state index is 13.3. The van der Waals surface area contributed by atoms with Gasteiger partial charge in [-0.1, -0.05) is 12.1 Å². The predicted molar refractivity (Wildman–Crippen MR) is 92.3 cm³/mol. The second-order valence-electron chi connectivity index (χ2n) is 6.75. The first-order valence-electron chi connectivity index (χ1n) is 8.80. The molecule has 2 atom stereocenters. The number of hydrogen-bond acceptors (Lipinski definition) is 3. The van der Waals surface area contributed by atoms with Gasteiger partial charge in [0.1, 0.15) is 5.82 Å². The molecule has 134 valence electrons. The molecule has 1 amide bonds. The molecule has 6 heteroatoms. The summed E-state index contributed by atoms with van der Waals surface area (Å²) in [5.41, 5.74) is 1.99. The Labute approximate surface area is 146 Å². The lowest BCUT2D eigenvalue weighted by Crippen LogP contribution is -2.47. The summed E-state index contributed by atoms with van der Waals surface area (Å²) in [6.07, 6.45) is 6.50. The molecule has 1 aromatic heterocycles. The van der Waals surface area contributed by atoms with E-state index in [0.29, 0.717) is 25.9 Å². The maximum atomic E-state index is 13.3. The normalized spacial score (nSPS) is 20.6. The van der Waals surface area contributed by atoms with E-state index in [1.807, 2.05) is 12.3 Å². The Balaban J connectivity index is 1.45. The number of aromatic nitrogens is 2. The highest BCUT2D eigenvalue weighted by molar-refractivity contribution is 5.76. The van der Waals surface area contributed by atoms with E-state index in [4.69, 9.17) is 0 Å². The van der Waals surface area contributed by atoms with Crippen LogP contribution in [0, 0.1) is 11.7 Å². The number of aryl methyl sites for hydroxylation is 1. The first kappa shape index (κ1) is 17.6. The van der Waals surface area contributed by atoms with Crippen LogP contribution in [0.3, 0.4) is 0 Å². The lowest BCUT2D eigenvalue weighted by molar-refractivity contribution is -0.135. The van der Waals surface area contributed by atoms with Gasteiger partial charge in [0.05, 0.1) is 12.3 Å². The summed E-state index contributed by atoms with van der Waals surface area (Å²) < 4.78 is 13.3. The average molecular weight is 345 g/mol. The number of aromatic amines is 1. The lowest BCUT2D eigenvalue weighted by atomic mass is 9.87. The van der Waals surface area contributed by atoms with Gasteiger partial charge in [-0.25, -0.2) is 4.39 Å². The number of benzene rings is 1. The number of aliphatic hydroxyl groups is 1. The van der Waals surface area contributed by atoms with Gasteiger partial charge in [0.2, 0.25) is 5.91 Å². The molecule has 1 fully saturated rings. The molecular weight excluding hydrogens is 321 g/mol. The highest BCUT2D eigenvalue weighted by Crippen LogP contribution is 2.23. The van der Waals surface area contributed by atoms with E-state index in [9.17, 15) is 14.3 Å². The third kappa shape index (κ3) is 4.89. The zero-order valence-corrected chi connectivity index (χ0v) is 14.2. The number of H-pyrrole nitrogens is 1. The van der Waals surface area contributed by atoms with E-state index in [-0.39, 0.29) is 17.6 Å². The van der Waals surface area contributed by atoms with Crippen LogP contribution in [0.2, 0.25) is 0 Å². The molecule has 1 aromatic carbocycles. The van der Waals surface area contributed by atoms with Crippen molar-refractivity contribution in [3.8, 4) is 0 Å². The minimum Gasteiger partial charge on any atom is -0.391 e. The van der Waals surface area contributed by atoms with E-state index in [0.717, 1.165) is 30.4 Å². The zero-order valence-electron chi connectivity index (χ0n) is 14.2.